The van der Waals surface area contributed by atoms with Gasteiger partial charge in [0.05, 0.1) is 13.2 Å². The van der Waals surface area contributed by atoms with Crippen LogP contribution in [0, 0.1) is 0 Å². The first kappa shape index (κ1) is 10.8. The molecule has 0 saturated heterocycles. The molecule has 0 spiro atoms. The SMILES string of the molecule is C=C(C)CCOc1cccc(CO)c1. The van der Waals surface area contributed by atoms with Gasteiger partial charge in [0.15, 0.2) is 0 Å². The van der Waals surface area contributed by atoms with Gasteiger partial charge < -0.3 is 9.84 Å². The molecule has 2 nitrogen and oxygen atoms in total. The normalized spacial score (nSPS) is 9.86. The Kier molecular flexibility index (Phi) is 4.20. The summed E-state index contributed by atoms with van der Waals surface area (Å²) in [6, 6.07) is 7.48. The highest BCUT2D eigenvalue weighted by molar-refractivity contribution is 5.27. The van der Waals surface area contributed by atoms with Crippen LogP contribution in [0.3, 0.4) is 0 Å². The third kappa shape index (κ3) is 3.62. The Morgan fingerprint density at radius 3 is 2.93 bits per heavy atom. The number of ether oxygens (including phenoxy) is 1. The molecule has 1 N–H and O–H groups in total. The van der Waals surface area contributed by atoms with Crippen molar-refractivity contribution in [2.45, 2.75) is 20.0 Å². The summed E-state index contributed by atoms with van der Waals surface area (Å²) in [5, 5.41) is 8.91. The van der Waals surface area contributed by atoms with Crippen LogP contribution in [0.25, 0.3) is 0 Å². The van der Waals surface area contributed by atoms with Crippen molar-refractivity contribution in [3.8, 4) is 5.75 Å². The number of hydrogen-bond donors (Lipinski definition) is 1. The van der Waals surface area contributed by atoms with E-state index in [4.69, 9.17) is 9.84 Å². The molecule has 1 aromatic carbocycles. The molecule has 14 heavy (non-hydrogen) atoms. The zero-order chi connectivity index (χ0) is 10.4. The summed E-state index contributed by atoms with van der Waals surface area (Å²) in [4.78, 5) is 0. The number of aliphatic hydroxyl groups excluding tert-OH is 1. The lowest BCUT2D eigenvalue weighted by molar-refractivity contribution is 0.279. The minimum absolute atomic E-state index is 0.0533. The van der Waals surface area contributed by atoms with Crippen molar-refractivity contribution in [3.63, 3.8) is 0 Å². The van der Waals surface area contributed by atoms with E-state index in [2.05, 4.69) is 6.58 Å². The average Bonchev–Trinajstić information content (AvgIpc) is 2.18. The molecule has 0 saturated carbocycles. The van der Waals surface area contributed by atoms with Crippen LogP contribution in [0.15, 0.2) is 36.4 Å². The third-order valence-electron chi connectivity index (χ3n) is 1.88. The summed E-state index contributed by atoms with van der Waals surface area (Å²) in [5.74, 6) is 0.804. The minimum atomic E-state index is 0.0533. The van der Waals surface area contributed by atoms with Gasteiger partial charge in [0.2, 0.25) is 0 Å². The maximum atomic E-state index is 8.91. The predicted molar refractivity (Wildman–Crippen MR) is 57.3 cm³/mol. The van der Waals surface area contributed by atoms with Gasteiger partial charge in [-0.1, -0.05) is 17.7 Å². The van der Waals surface area contributed by atoms with Crippen LogP contribution in [0.5, 0.6) is 5.75 Å². The first-order valence-corrected chi connectivity index (χ1v) is 4.69. The molecule has 0 aromatic heterocycles. The number of rotatable bonds is 5. The van der Waals surface area contributed by atoms with Gasteiger partial charge in [-0.05, 0) is 24.6 Å². The molecule has 0 aliphatic carbocycles. The average molecular weight is 192 g/mol. The Balaban J connectivity index is 2.46. The van der Waals surface area contributed by atoms with E-state index >= 15 is 0 Å². The Morgan fingerprint density at radius 2 is 2.29 bits per heavy atom. The van der Waals surface area contributed by atoms with Crippen molar-refractivity contribution in [2.75, 3.05) is 6.61 Å². The lowest BCUT2D eigenvalue weighted by Gasteiger charge is -2.06. The monoisotopic (exact) mass is 192 g/mol. The summed E-state index contributed by atoms with van der Waals surface area (Å²) in [6.07, 6.45) is 0.864. The summed E-state index contributed by atoms with van der Waals surface area (Å²) in [6.45, 7) is 6.48. The highest BCUT2D eigenvalue weighted by atomic mass is 16.5. The second kappa shape index (κ2) is 5.45. The van der Waals surface area contributed by atoms with Crippen molar-refractivity contribution in [1.82, 2.24) is 0 Å². The van der Waals surface area contributed by atoms with Gasteiger partial charge in [-0.15, -0.1) is 6.58 Å². The third-order valence-corrected chi connectivity index (χ3v) is 1.88. The van der Waals surface area contributed by atoms with Crippen LogP contribution in [-0.4, -0.2) is 11.7 Å². The van der Waals surface area contributed by atoms with E-state index < -0.39 is 0 Å². The van der Waals surface area contributed by atoms with Gasteiger partial charge in [-0.25, -0.2) is 0 Å². The Hall–Kier alpha value is -1.28. The first-order chi connectivity index (χ1) is 6.72. The maximum Gasteiger partial charge on any atom is 0.119 e. The molecule has 0 heterocycles. The fraction of sp³-hybridized carbons (Fsp3) is 0.333. The van der Waals surface area contributed by atoms with E-state index in [9.17, 15) is 0 Å². The molecule has 0 aliphatic rings. The number of benzene rings is 1. The summed E-state index contributed by atoms with van der Waals surface area (Å²) >= 11 is 0. The zero-order valence-corrected chi connectivity index (χ0v) is 8.49. The van der Waals surface area contributed by atoms with Gasteiger partial charge in [-0.3, -0.25) is 0 Å². The van der Waals surface area contributed by atoms with Crippen molar-refractivity contribution >= 4 is 0 Å². The molecule has 2 heteroatoms. The van der Waals surface area contributed by atoms with Gasteiger partial charge in [0.1, 0.15) is 5.75 Å². The largest absolute Gasteiger partial charge is 0.493 e. The van der Waals surface area contributed by atoms with Gasteiger partial charge >= 0.3 is 0 Å². The molecular weight excluding hydrogens is 176 g/mol. The zero-order valence-electron chi connectivity index (χ0n) is 8.49. The van der Waals surface area contributed by atoms with E-state index in [1.54, 1.807) is 0 Å². The van der Waals surface area contributed by atoms with Gasteiger partial charge in [0.25, 0.3) is 0 Å². The lowest BCUT2D eigenvalue weighted by Crippen LogP contribution is -1.97. The topological polar surface area (TPSA) is 29.5 Å². The molecule has 1 aromatic rings. The van der Waals surface area contributed by atoms with Crippen LogP contribution >= 0.6 is 0 Å². The highest BCUT2D eigenvalue weighted by Crippen LogP contribution is 2.13. The second-order valence-corrected chi connectivity index (χ2v) is 3.36. The highest BCUT2D eigenvalue weighted by Gasteiger charge is 1.95. The number of aliphatic hydroxyl groups is 1. The molecule has 76 valence electrons. The fourth-order valence-corrected chi connectivity index (χ4v) is 1.08. The molecule has 0 bridgehead atoms. The molecule has 0 amide bonds. The standard InChI is InChI=1S/C12H16O2/c1-10(2)6-7-14-12-5-3-4-11(8-12)9-13/h3-5,8,13H,1,6-7,9H2,2H3. The van der Waals surface area contributed by atoms with Crippen LogP contribution in [-0.2, 0) is 6.61 Å². The fourth-order valence-electron chi connectivity index (χ4n) is 1.08. The van der Waals surface area contributed by atoms with E-state index in [1.807, 2.05) is 31.2 Å². The lowest BCUT2D eigenvalue weighted by atomic mass is 10.2. The van der Waals surface area contributed by atoms with E-state index in [-0.39, 0.29) is 6.61 Å². The summed E-state index contributed by atoms with van der Waals surface area (Å²) in [7, 11) is 0. The molecule has 0 unspecified atom stereocenters. The second-order valence-electron chi connectivity index (χ2n) is 3.36. The molecular formula is C12H16O2. The molecule has 0 atom stereocenters. The summed E-state index contributed by atoms with van der Waals surface area (Å²) < 4.78 is 5.49. The van der Waals surface area contributed by atoms with Crippen molar-refractivity contribution in [2.24, 2.45) is 0 Å². The summed E-state index contributed by atoms with van der Waals surface area (Å²) in [5.41, 5.74) is 1.99. The smallest absolute Gasteiger partial charge is 0.119 e. The van der Waals surface area contributed by atoms with Crippen molar-refractivity contribution in [1.29, 1.82) is 0 Å². The molecule has 0 fully saturated rings. The van der Waals surface area contributed by atoms with Crippen molar-refractivity contribution < 1.29 is 9.84 Å². The maximum absolute atomic E-state index is 8.91. The quantitative estimate of drug-likeness (QED) is 0.726. The van der Waals surface area contributed by atoms with Crippen LogP contribution in [0.4, 0.5) is 0 Å². The van der Waals surface area contributed by atoms with Crippen LogP contribution in [0.1, 0.15) is 18.9 Å². The minimum Gasteiger partial charge on any atom is -0.493 e. The van der Waals surface area contributed by atoms with Gasteiger partial charge in [-0.2, -0.15) is 0 Å². The van der Waals surface area contributed by atoms with Gasteiger partial charge in [0, 0.05) is 6.42 Å². The molecule has 0 radical (unpaired) electrons. The number of hydrogen-bond acceptors (Lipinski definition) is 2. The molecule has 1 rings (SSSR count). The predicted octanol–water partition coefficient (Wildman–Crippen LogP) is 2.52. The van der Waals surface area contributed by atoms with E-state index in [0.717, 1.165) is 23.3 Å². The van der Waals surface area contributed by atoms with Crippen LogP contribution < -0.4 is 4.74 Å². The van der Waals surface area contributed by atoms with Crippen LogP contribution in [0.2, 0.25) is 0 Å². The Bertz CT molecular complexity index is 305. The van der Waals surface area contributed by atoms with E-state index in [1.165, 1.54) is 0 Å². The first-order valence-electron chi connectivity index (χ1n) is 4.69. The van der Waals surface area contributed by atoms with Crippen molar-refractivity contribution in [3.05, 3.63) is 42.0 Å². The molecule has 0 aliphatic heterocycles. The van der Waals surface area contributed by atoms with E-state index in [0.29, 0.717) is 6.61 Å². The Morgan fingerprint density at radius 1 is 1.50 bits per heavy atom. The Labute approximate surface area is 84.8 Å².